The van der Waals surface area contributed by atoms with Crippen molar-refractivity contribution in [2.24, 2.45) is 0 Å². The first-order chi connectivity index (χ1) is 13.3. The molecule has 5 nitrogen and oxygen atoms in total. The van der Waals surface area contributed by atoms with Crippen LogP contribution in [0.2, 0.25) is 0 Å². The summed E-state index contributed by atoms with van der Waals surface area (Å²) in [6, 6.07) is 6.02. The van der Waals surface area contributed by atoms with Crippen LogP contribution in [-0.4, -0.2) is 36.7 Å². The molecule has 28 heavy (non-hydrogen) atoms. The SMILES string of the molecule is COCCCn1ccc2ncc(C)c(-c3ccc(OC(F)(F)F)cc3OC)c21. The van der Waals surface area contributed by atoms with Crippen LogP contribution in [0.4, 0.5) is 13.2 Å². The Kier molecular flexibility index (Phi) is 5.79. The van der Waals surface area contributed by atoms with Gasteiger partial charge in [-0.15, -0.1) is 13.2 Å². The summed E-state index contributed by atoms with van der Waals surface area (Å²) in [5.74, 6) is -0.0338. The second-order valence-corrected chi connectivity index (χ2v) is 6.32. The molecular weight excluding hydrogens is 373 g/mol. The molecule has 0 aliphatic rings. The number of aromatic nitrogens is 2. The number of hydrogen-bond donors (Lipinski definition) is 0. The highest BCUT2D eigenvalue weighted by atomic mass is 19.4. The lowest BCUT2D eigenvalue weighted by Crippen LogP contribution is -2.17. The van der Waals surface area contributed by atoms with Crippen LogP contribution in [0.5, 0.6) is 11.5 Å². The van der Waals surface area contributed by atoms with E-state index in [1.165, 1.54) is 19.2 Å². The number of fused-ring (bicyclic) bond motifs is 1. The van der Waals surface area contributed by atoms with Gasteiger partial charge in [0.2, 0.25) is 0 Å². The van der Waals surface area contributed by atoms with E-state index in [0.717, 1.165) is 35.1 Å². The van der Waals surface area contributed by atoms with Gasteiger partial charge in [0, 0.05) is 49.8 Å². The maximum Gasteiger partial charge on any atom is 0.573 e. The van der Waals surface area contributed by atoms with E-state index >= 15 is 0 Å². The van der Waals surface area contributed by atoms with Crippen LogP contribution < -0.4 is 9.47 Å². The largest absolute Gasteiger partial charge is 0.573 e. The lowest BCUT2D eigenvalue weighted by Gasteiger charge is -2.16. The minimum absolute atomic E-state index is 0.294. The Balaban J connectivity index is 2.12. The summed E-state index contributed by atoms with van der Waals surface area (Å²) in [5.41, 5.74) is 4.13. The molecule has 0 N–H and O–H groups in total. The molecule has 3 rings (SSSR count). The first-order valence-corrected chi connectivity index (χ1v) is 8.71. The van der Waals surface area contributed by atoms with Crippen LogP contribution in [0.1, 0.15) is 12.0 Å². The molecule has 2 aromatic heterocycles. The molecule has 0 unspecified atom stereocenters. The van der Waals surface area contributed by atoms with Gasteiger partial charge in [-0.25, -0.2) is 0 Å². The molecule has 0 spiro atoms. The maximum atomic E-state index is 12.5. The second kappa shape index (κ2) is 8.10. The van der Waals surface area contributed by atoms with Crippen molar-refractivity contribution in [3.8, 4) is 22.6 Å². The number of pyridine rings is 1. The normalized spacial score (nSPS) is 11.8. The fourth-order valence-corrected chi connectivity index (χ4v) is 3.24. The van der Waals surface area contributed by atoms with Crippen molar-refractivity contribution in [2.75, 3.05) is 20.8 Å². The maximum absolute atomic E-state index is 12.5. The van der Waals surface area contributed by atoms with E-state index in [0.29, 0.717) is 17.9 Å². The summed E-state index contributed by atoms with van der Waals surface area (Å²) in [5, 5.41) is 0. The molecule has 150 valence electrons. The summed E-state index contributed by atoms with van der Waals surface area (Å²) in [7, 11) is 3.07. The molecule has 0 fully saturated rings. The quantitative estimate of drug-likeness (QED) is 0.532. The van der Waals surface area contributed by atoms with Crippen molar-refractivity contribution < 1.29 is 27.4 Å². The number of methoxy groups -OCH3 is 2. The highest BCUT2D eigenvalue weighted by Crippen LogP contribution is 2.39. The Bertz CT molecular complexity index is 967. The van der Waals surface area contributed by atoms with Crippen LogP contribution in [0.25, 0.3) is 22.2 Å². The zero-order valence-electron chi connectivity index (χ0n) is 15.8. The van der Waals surface area contributed by atoms with Crippen molar-refractivity contribution >= 4 is 11.0 Å². The molecular formula is C20H21F3N2O3. The molecule has 0 atom stereocenters. The minimum atomic E-state index is -4.76. The second-order valence-electron chi connectivity index (χ2n) is 6.32. The Morgan fingerprint density at radius 3 is 2.61 bits per heavy atom. The third kappa shape index (κ3) is 4.22. The Hall–Kier alpha value is -2.74. The van der Waals surface area contributed by atoms with Crippen LogP contribution in [0.15, 0.2) is 36.7 Å². The number of rotatable bonds is 7. The van der Waals surface area contributed by atoms with Crippen LogP contribution in [-0.2, 0) is 11.3 Å². The predicted molar refractivity (Wildman–Crippen MR) is 99.6 cm³/mol. The topological polar surface area (TPSA) is 45.5 Å². The number of nitrogens with zero attached hydrogens (tertiary/aromatic N) is 2. The zero-order chi connectivity index (χ0) is 20.3. The fourth-order valence-electron chi connectivity index (χ4n) is 3.24. The van der Waals surface area contributed by atoms with Crippen molar-refractivity contribution in [3.05, 3.63) is 42.2 Å². The zero-order valence-corrected chi connectivity index (χ0v) is 15.8. The predicted octanol–water partition coefficient (Wildman–Crippen LogP) is 4.96. The van der Waals surface area contributed by atoms with E-state index < -0.39 is 6.36 Å². The first kappa shape index (κ1) is 20.0. The Morgan fingerprint density at radius 2 is 1.93 bits per heavy atom. The number of ether oxygens (including phenoxy) is 3. The lowest BCUT2D eigenvalue weighted by molar-refractivity contribution is -0.274. The Morgan fingerprint density at radius 1 is 1.14 bits per heavy atom. The Labute approximate surface area is 160 Å². The number of hydrogen-bond acceptors (Lipinski definition) is 4. The van der Waals surface area contributed by atoms with Crippen LogP contribution in [0.3, 0.4) is 0 Å². The van der Waals surface area contributed by atoms with E-state index in [-0.39, 0.29) is 5.75 Å². The van der Waals surface area contributed by atoms with Gasteiger partial charge in [0.25, 0.3) is 0 Å². The molecule has 0 radical (unpaired) electrons. The van der Waals surface area contributed by atoms with E-state index in [1.54, 1.807) is 19.4 Å². The summed E-state index contributed by atoms with van der Waals surface area (Å²) in [4.78, 5) is 4.47. The average molecular weight is 394 g/mol. The lowest BCUT2D eigenvalue weighted by atomic mass is 9.99. The summed E-state index contributed by atoms with van der Waals surface area (Å²) in [6.07, 6.45) is -0.244. The van der Waals surface area contributed by atoms with Crippen LogP contribution >= 0.6 is 0 Å². The van der Waals surface area contributed by atoms with Gasteiger partial charge >= 0.3 is 6.36 Å². The van der Waals surface area contributed by atoms with Crippen molar-refractivity contribution in [2.45, 2.75) is 26.3 Å². The summed E-state index contributed by atoms with van der Waals surface area (Å²) in [6.45, 7) is 3.27. The van der Waals surface area contributed by atoms with Gasteiger partial charge < -0.3 is 18.8 Å². The summed E-state index contributed by atoms with van der Waals surface area (Å²) >= 11 is 0. The van der Waals surface area contributed by atoms with Crippen molar-refractivity contribution in [1.29, 1.82) is 0 Å². The molecule has 1 aromatic carbocycles. The van der Waals surface area contributed by atoms with Gasteiger partial charge in [-0.3, -0.25) is 4.98 Å². The third-order valence-corrected chi connectivity index (χ3v) is 4.39. The van der Waals surface area contributed by atoms with Crippen molar-refractivity contribution in [3.63, 3.8) is 0 Å². The van der Waals surface area contributed by atoms with E-state index in [2.05, 4.69) is 14.3 Å². The molecule has 0 aliphatic heterocycles. The first-order valence-electron chi connectivity index (χ1n) is 8.71. The van der Waals surface area contributed by atoms with E-state index in [4.69, 9.17) is 9.47 Å². The van der Waals surface area contributed by atoms with Crippen molar-refractivity contribution in [1.82, 2.24) is 9.55 Å². The molecule has 8 heteroatoms. The smallest absolute Gasteiger partial charge is 0.496 e. The van der Waals surface area contributed by atoms with Gasteiger partial charge in [-0.2, -0.15) is 0 Å². The average Bonchev–Trinajstić information content (AvgIpc) is 3.04. The van der Waals surface area contributed by atoms with E-state index in [1.807, 2.05) is 19.2 Å². The molecule has 2 heterocycles. The van der Waals surface area contributed by atoms with E-state index in [9.17, 15) is 13.2 Å². The number of halogens is 3. The fraction of sp³-hybridized carbons (Fsp3) is 0.350. The van der Waals surface area contributed by atoms with Crippen LogP contribution in [0, 0.1) is 6.92 Å². The monoisotopic (exact) mass is 394 g/mol. The van der Waals surface area contributed by atoms with Gasteiger partial charge in [0.1, 0.15) is 11.5 Å². The number of alkyl halides is 3. The van der Waals surface area contributed by atoms with Gasteiger partial charge in [0.15, 0.2) is 0 Å². The molecule has 3 aromatic rings. The molecule has 0 saturated carbocycles. The summed E-state index contributed by atoms with van der Waals surface area (Å²) < 4.78 is 54.2. The molecule has 0 amide bonds. The highest BCUT2D eigenvalue weighted by Gasteiger charge is 2.31. The van der Waals surface area contributed by atoms with Gasteiger partial charge in [0.05, 0.1) is 18.1 Å². The molecule has 0 saturated heterocycles. The van der Waals surface area contributed by atoms with Gasteiger partial charge in [-0.05, 0) is 37.1 Å². The third-order valence-electron chi connectivity index (χ3n) is 4.39. The van der Waals surface area contributed by atoms with Gasteiger partial charge in [-0.1, -0.05) is 0 Å². The number of benzene rings is 1. The molecule has 0 bridgehead atoms. The highest BCUT2D eigenvalue weighted by molar-refractivity contribution is 5.95. The molecule has 0 aliphatic carbocycles. The number of aryl methyl sites for hydroxylation is 2. The standard InChI is InChI=1S/C20H21F3N2O3/c1-13-12-24-16-7-9-25(8-4-10-26-2)19(16)18(13)15-6-5-14(11-17(15)27-3)28-20(21,22)23/h5-7,9,11-12H,4,8,10H2,1-3H3. The minimum Gasteiger partial charge on any atom is -0.496 e.